The maximum Gasteiger partial charge on any atom is 0.415 e. The lowest BCUT2D eigenvalue weighted by molar-refractivity contribution is 0.0921. The fraction of sp³-hybridized carbons (Fsp3) is 0.478. The van der Waals surface area contributed by atoms with Crippen molar-refractivity contribution in [3.8, 4) is 5.75 Å². The molecule has 2 aromatic rings. The molecule has 2 heterocycles. The molecule has 1 N–H and O–H groups in total. The van der Waals surface area contributed by atoms with E-state index in [2.05, 4.69) is 19.2 Å². The third-order valence-corrected chi connectivity index (χ3v) is 6.56. The number of rotatable bonds is 7. The summed E-state index contributed by atoms with van der Waals surface area (Å²) in [6.07, 6.45) is 3.39. The van der Waals surface area contributed by atoms with E-state index in [9.17, 15) is 9.59 Å². The first-order chi connectivity index (χ1) is 14.4. The third kappa shape index (κ3) is 6.74. The van der Waals surface area contributed by atoms with E-state index in [-0.39, 0.29) is 18.0 Å². The zero-order valence-electron chi connectivity index (χ0n) is 17.5. The molecule has 7 heteroatoms. The first kappa shape index (κ1) is 22.6. The van der Waals surface area contributed by atoms with Crippen LogP contribution in [0.2, 0.25) is 4.34 Å². The summed E-state index contributed by atoms with van der Waals surface area (Å²) in [7, 11) is 0. The Kier molecular flexibility index (Phi) is 8.16. The van der Waals surface area contributed by atoms with Crippen molar-refractivity contribution in [2.75, 3.05) is 13.1 Å². The zero-order chi connectivity index (χ0) is 21.5. The van der Waals surface area contributed by atoms with Crippen molar-refractivity contribution in [3.05, 3.63) is 51.7 Å². The van der Waals surface area contributed by atoms with Crippen LogP contribution in [0.5, 0.6) is 5.75 Å². The van der Waals surface area contributed by atoms with Crippen LogP contribution >= 0.6 is 22.9 Å². The molecule has 30 heavy (non-hydrogen) atoms. The van der Waals surface area contributed by atoms with Crippen LogP contribution in [0.15, 0.2) is 42.5 Å². The van der Waals surface area contributed by atoms with Crippen LogP contribution in [-0.4, -0.2) is 36.0 Å². The average Bonchev–Trinajstić information content (AvgIpc) is 3.15. The van der Waals surface area contributed by atoms with Gasteiger partial charge in [0.1, 0.15) is 5.75 Å². The Bertz CT molecular complexity index is 832. The predicted molar refractivity (Wildman–Crippen MR) is 121 cm³/mol. The number of likely N-dealkylation sites (tertiary alicyclic amines) is 1. The second-order valence-electron chi connectivity index (χ2n) is 8.25. The van der Waals surface area contributed by atoms with E-state index < -0.39 is 0 Å². The smallest absolute Gasteiger partial charge is 0.410 e. The van der Waals surface area contributed by atoms with Gasteiger partial charge in [-0.15, -0.1) is 11.3 Å². The summed E-state index contributed by atoms with van der Waals surface area (Å²) >= 11 is 7.27. The number of hydrogen-bond donors (Lipinski definition) is 1. The van der Waals surface area contributed by atoms with Crippen LogP contribution in [0.1, 0.15) is 49.2 Å². The lowest BCUT2D eigenvalue weighted by Crippen LogP contribution is -2.42. The number of halogens is 1. The highest BCUT2D eigenvalue weighted by atomic mass is 35.5. The van der Waals surface area contributed by atoms with E-state index in [1.165, 1.54) is 11.3 Å². The monoisotopic (exact) mass is 448 g/mol. The maximum atomic E-state index is 12.6. The molecule has 0 aliphatic carbocycles. The summed E-state index contributed by atoms with van der Waals surface area (Å²) in [5.74, 6) is 1.48. The number of nitrogens with zero attached hydrogens (tertiary/aromatic N) is 1. The van der Waals surface area contributed by atoms with Crippen molar-refractivity contribution >= 4 is 34.9 Å². The fourth-order valence-corrected chi connectivity index (χ4v) is 4.83. The van der Waals surface area contributed by atoms with Crippen LogP contribution in [-0.2, 0) is 0 Å². The normalized spacial score (nSPS) is 15.8. The molecule has 1 aliphatic heterocycles. The summed E-state index contributed by atoms with van der Waals surface area (Å²) in [5.41, 5.74) is 0. The van der Waals surface area contributed by atoms with Gasteiger partial charge in [-0.1, -0.05) is 43.6 Å². The lowest BCUT2D eigenvalue weighted by Gasteiger charge is -2.33. The molecule has 1 aromatic heterocycles. The van der Waals surface area contributed by atoms with Gasteiger partial charge in [0, 0.05) is 19.1 Å². The van der Waals surface area contributed by atoms with Gasteiger partial charge in [-0.3, -0.25) is 4.79 Å². The third-order valence-electron chi connectivity index (χ3n) is 5.33. The van der Waals surface area contributed by atoms with Gasteiger partial charge in [-0.2, -0.15) is 0 Å². The summed E-state index contributed by atoms with van der Waals surface area (Å²) in [6.45, 7) is 5.70. The molecule has 0 radical (unpaired) electrons. The Balaban J connectivity index is 1.50. The molecule has 0 saturated carbocycles. The minimum Gasteiger partial charge on any atom is -0.410 e. The molecular formula is C23H29ClN2O3S. The molecule has 162 valence electrons. The van der Waals surface area contributed by atoms with Gasteiger partial charge in [0.2, 0.25) is 0 Å². The summed E-state index contributed by atoms with van der Waals surface area (Å²) in [5, 5.41) is 3.20. The van der Waals surface area contributed by atoms with E-state index in [1.54, 1.807) is 29.2 Å². The number of ether oxygens (including phenoxy) is 1. The first-order valence-electron chi connectivity index (χ1n) is 10.5. The first-order valence-corrected chi connectivity index (χ1v) is 11.7. The highest BCUT2D eigenvalue weighted by molar-refractivity contribution is 7.18. The van der Waals surface area contributed by atoms with Crippen molar-refractivity contribution in [1.82, 2.24) is 10.2 Å². The van der Waals surface area contributed by atoms with Crippen LogP contribution < -0.4 is 10.1 Å². The maximum absolute atomic E-state index is 12.6. The van der Waals surface area contributed by atoms with Crippen molar-refractivity contribution in [2.24, 2.45) is 11.8 Å². The Labute approximate surface area is 187 Å². The van der Waals surface area contributed by atoms with Gasteiger partial charge in [-0.05, 0) is 61.8 Å². The Morgan fingerprint density at radius 1 is 1.17 bits per heavy atom. The summed E-state index contributed by atoms with van der Waals surface area (Å²) < 4.78 is 6.07. The molecule has 5 nitrogen and oxygen atoms in total. The molecule has 0 spiro atoms. The van der Waals surface area contributed by atoms with Crippen molar-refractivity contribution in [3.63, 3.8) is 0 Å². The van der Waals surface area contributed by atoms with Crippen LogP contribution in [0.3, 0.4) is 0 Å². The molecule has 1 aromatic carbocycles. The van der Waals surface area contributed by atoms with E-state index >= 15 is 0 Å². The molecule has 0 bridgehead atoms. The van der Waals surface area contributed by atoms with Crippen molar-refractivity contribution < 1.29 is 14.3 Å². The molecule has 1 aliphatic rings. The molecule has 1 saturated heterocycles. The lowest BCUT2D eigenvalue weighted by atomic mass is 9.87. The zero-order valence-corrected chi connectivity index (χ0v) is 19.0. The highest BCUT2D eigenvalue weighted by Gasteiger charge is 2.27. The van der Waals surface area contributed by atoms with E-state index in [0.29, 0.717) is 39.9 Å². The number of nitrogens with one attached hydrogen (secondary N) is 1. The van der Waals surface area contributed by atoms with Gasteiger partial charge >= 0.3 is 6.09 Å². The Morgan fingerprint density at radius 3 is 2.47 bits per heavy atom. The number of carbonyl (C=O) groups is 2. The van der Waals surface area contributed by atoms with Gasteiger partial charge in [-0.25, -0.2) is 4.79 Å². The van der Waals surface area contributed by atoms with Crippen LogP contribution in [0.4, 0.5) is 4.79 Å². The summed E-state index contributed by atoms with van der Waals surface area (Å²) in [4.78, 5) is 27.4. The van der Waals surface area contributed by atoms with Gasteiger partial charge < -0.3 is 15.0 Å². The highest BCUT2D eigenvalue weighted by Crippen LogP contribution is 2.26. The molecule has 1 unspecified atom stereocenters. The number of benzene rings is 1. The van der Waals surface area contributed by atoms with Crippen LogP contribution in [0, 0.1) is 11.8 Å². The molecule has 2 amide bonds. The molecule has 1 atom stereocenters. The minimum atomic E-state index is -0.291. The number of amides is 2. The number of hydrogen-bond acceptors (Lipinski definition) is 4. The fourth-order valence-electron chi connectivity index (χ4n) is 3.88. The van der Waals surface area contributed by atoms with Crippen LogP contribution in [0.25, 0.3) is 0 Å². The minimum absolute atomic E-state index is 0.0542. The van der Waals surface area contributed by atoms with Crippen molar-refractivity contribution in [2.45, 2.75) is 45.6 Å². The van der Waals surface area contributed by atoms with Gasteiger partial charge in [0.25, 0.3) is 5.91 Å². The number of carbonyl (C=O) groups excluding carboxylic acids is 2. The SMILES string of the molecule is CC(C)CC(CC1CCN(C(=O)Oc2ccccc2)CC1)NC(=O)c1ccc(Cl)s1. The van der Waals surface area contributed by atoms with E-state index in [0.717, 1.165) is 25.7 Å². The number of para-hydroxylation sites is 1. The van der Waals surface area contributed by atoms with E-state index in [4.69, 9.17) is 16.3 Å². The quantitative estimate of drug-likeness (QED) is 0.578. The standard InChI is InChI=1S/C23H29ClN2O3S/c1-16(2)14-18(25-22(27)20-8-9-21(24)30-20)15-17-10-12-26(13-11-17)23(28)29-19-6-4-3-5-7-19/h3-9,16-18H,10-15H2,1-2H3,(H,25,27). The van der Waals surface area contributed by atoms with Gasteiger partial charge in [0.15, 0.2) is 0 Å². The van der Waals surface area contributed by atoms with Crippen molar-refractivity contribution in [1.29, 1.82) is 0 Å². The Hall–Kier alpha value is -2.05. The topological polar surface area (TPSA) is 58.6 Å². The van der Waals surface area contributed by atoms with Gasteiger partial charge in [0.05, 0.1) is 9.21 Å². The summed E-state index contributed by atoms with van der Waals surface area (Å²) in [6, 6.07) is 12.8. The number of thiophene rings is 1. The average molecular weight is 449 g/mol. The molecule has 1 fully saturated rings. The largest absolute Gasteiger partial charge is 0.415 e. The molecule has 3 rings (SSSR count). The molecular weight excluding hydrogens is 420 g/mol. The van der Waals surface area contributed by atoms with E-state index in [1.807, 2.05) is 18.2 Å². The Morgan fingerprint density at radius 2 is 1.87 bits per heavy atom. The number of piperidine rings is 1. The second-order valence-corrected chi connectivity index (χ2v) is 9.97. The predicted octanol–water partition coefficient (Wildman–Crippen LogP) is 5.85. The second kappa shape index (κ2) is 10.8.